The lowest BCUT2D eigenvalue weighted by atomic mass is 9.96. The Morgan fingerprint density at radius 2 is 2.03 bits per heavy atom. The molecule has 1 aliphatic heterocycles. The van der Waals surface area contributed by atoms with E-state index >= 15 is 0 Å². The fourth-order valence-corrected chi connectivity index (χ4v) is 5.16. The number of benzene rings is 1. The standard InChI is InChI=1S/C26H25ClFN7O2S/c1-35-13-16(10-22(35)36)31-25(37)15-9-20(27)24(30-11-15)33-34-26(38)32-23-18-3-2-4-21(28)17(18)6-5-14-7-8-29-12-19(14)23/h2-4,7-9,11-12,16,23H,5-6,10,13H2,1H3,(H,30,33)(H,31,37)(H2,32,34,38)/t16-,23?/m1/s1. The van der Waals surface area contributed by atoms with Crippen molar-refractivity contribution in [3.8, 4) is 0 Å². The van der Waals surface area contributed by atoms with Crippen molar-refractivity contribution in [2.24, 2.45) is 0 Å². The molecule has 12 heteroatoms. The van der Waals surface area contributed by atoms with Crippen molar-refractivity contribution < 1.29 is 14.0 Å². The molecule has 2 aromatic heterocycles. The molecule has 1 unspecified atom stereocenters. The van der Waals surface area contributed by atoms with Crippen LogP contribution < -0.4 is 21.5 Å². The average Bonchev–Trinajstić information content (AvgIpc) is 3.12. The minimum absolute atomic E-state index is 0.0149. The molecule has 2 aliphatic rings. The lowest BCUT2D eigenvalue weighted by molar-refractivity contribution is -0.126. The van der Waals surface area contributed by atoms with Gasteiger partial charge in [-0.25, -0.2) is 9.37 Å². The van der Waals surface area contributed by atoms with Gasteiger partial charge in [-0.1, -0.05) is 23.7 Å². The molecule has 3 aromatic rings. The molecule has 196 valence electrons. The molecule has 4 N–H and O–H groups in total. The highest BCUT2D eigenvalue weighted by atomic mass is 35.5. The third kappa shape index (κ3) is 5.39. The summed E-state index contributed by atoms with van der Waals surface area (Å²) in [6, 6.07) is 7.78. The van der Waals surface area contributed by atoms with Crippen molar-refractivity contribution in [1.29, 1.82) is 0 Å². The predicted octanol–water partition coefficient (Wildman–Crippen LogP) is 2.91. The minimum Gasteiger partial charge on any atom is -0.350 e. The van der Waals surface area contributed by atoms with Crippen LogP contribution in [0.2, 0.25) is 5.02 Å². The second-order valence-corrected chi connectivity index (χ2v) is 10.1. The summed E-state index contributed by atoms with van der Waals surface area (Å²) >= 11 is 11.9. The van der Waals surface area contributed by atoms with E-state index in [1.165, 1.54) is 18.3 Å². The van der Waals surface area contributed by atoms with Crippen molar-refractivity contribution >= 4 is 46.6 Å². The molecule has 38 heavy (non-hydrogen) atoms. The molecule has 9 nitrogen and oxygen atoms in total. The van der Waals surface area contributed by atoms with Crippen molar-refractivity contribution in [3.05, 3.63) is 87.6 Å². The zero-order valence-corrected chi connectivity index (χ0v) is 22.0. The number of carbonyl (C=O) groups is 2. The van der Waals surface area contributed by atoms with E-state index in [1.54, 1.807) is 30.4 Å². The van der Waals surface area contributed by atoms with E-state index in [2.05, 4.69) is 31.5 Å². The van der Waals surface area contributed by atoms with Gasteiger partial charge in [-0.3, -0.25) is 25.4 Å². The third-order valence-electron chi connectivity index (χ3n) is 6.72. The first-order valence-electron chi connectivity index (χ1n) is 12.0. The van der Waals surface area contributed by atoms with E-state index in [0.717, 1.165) is 16.7 Å². The second-order valence-electron chi connectivity index (χ2n) is 9.24. The van der Waals surface area contributed by atoms with Crippen LogP contribution in [-0.2, 0) is 17.6 Å². The Hall–Kier alpha value is -3.83. The smallest absolute Gasteiger partial charge is 0.253 e. The molecule has 2 amide bonds. The summed E-state index contributed by atoms with van der Waals surface area (Å²) in [5.74, 6) is -0.370. The zero-order chi connectivity index (χ0) is 26.8. The number of nitrogens with zero attached hydrogens (tertiary/aromatic N) is 3. The lowest BCUT2D eigenvalue weighted by Crippen LogP contribution is -2.41. The van der Waals surface area contributed by atoms with Crippen molar-refractivity contribution in [2.75, 3.05) is 19.0 Å². The number of hydrogen-bond donors (Lipinski definition) is 4. The molecule has 2 atom stereocenters. The minimum atomic E-state index is -0.412. The molecule has 3 heterocycles. The van der Waals surface area contributed by atoms with Crippen LogP contribution in [0.3, 0.4) is 0 Å². The van der Waals surface area contributed by atoms with Gasteiger partial charge in [0.25, 0.3) is 5.91 Å². The number of hydrogen-bond acceptors (Lipinski definition) is 6. The number of rotatable bonds is 5. The molecule has 1 aromatic carbocycles. The Balaban J connectivity index is 1.25. The number of nitrogens with one attached hydrogen (secondary N) is 4. The first kappa shape index (κ1) is 25.8. The van der Waals surface area contributed by atoms with Crippen molar-refractivity contribution in [3.63, 3.8) is 0 Å². The van der Waals surface area contributed by atoms with E-state index in [4.69, 9.17) is 23.8 Å². The van der Waals surface area contributed by atoms with E-state index < -0.39 is 6.04 Å². The monoisotopic (exact) mass is 553 g/mol. The van der Waals surface area contributed by atoms with Gasteiger partial charge in [0.05, 0.1) is 22.7 Å². The summed E-state index contributed by atoms with van der Waals surface area (Å²) < 4.78 is 14.7. The van der Waals surface area contributed by atoms with Gasteiger partial charge in [0.15, 0.2) is 10.9 Å². The summed E-state index contributed by atoms with van der Waals surface area (Å²) in [6.07, 6.45) is 6.40. The first-order valence-corrected chi connectivity index (χ1v) is 12.8. The van der Waals surface area contributed by atoms with Gasteiger partial charge >= 0.3 is 0 Å². The van der Waals surface area contributed by atoms with Gasteiger partial charge < -0.3 is 15.5 Å². The number of carbonyl (C=O) groups excluding carboxylic acids is 2. The molecule has 1 saturated heterocycles. The second kappa shape index (κ2) is 10.9. The molecule has 1 aliphatic carbocycles. The largest absolute Gasteiger partial charge is 0.350 e. The topological polar surface area (TPSA) is 111 Å². The van der Waals surface area contributed by atoms with Gasteiger partial charge in [0.1, 0.15) is 5.82 Å². The fraction of sp³-hybridized carbons (Fsp3) is 0.269. The van der Waals surface area contributed by atoms with E-state index in [-0.39, 0.29) is 51.6 Å². The number of thiocarbonyl (C=S) groups is 1. The van der Waals surface area contributed by atoms with Crippen LogP contribution >= 0.6 is 23.8 Å². The Morgan fingerprint density at radius 1 is 1.18 bits per heavy atom. The molecule has 0 radical (unpaired) electrons. The normalized spacial score (nSPS) is 18.2. The number of aryl methyl sites for hydroxylation is 1. The lowest BCUT2D eigenvalue weighted by Gasteiger charge is -2.23. The highest BCUT2D eigenvalue weighted by Crippen LogP contribution is 2.33. The summed E-state index contributed by atoms with van der Waals surface area (Å²) in [4.78, 5) is 34.4. The van der Waals surface area contributed by atoms with Gasteiger partial charge in [0.2, 0.25) is 5.91 Å². The number of fused-ring (bicyclic) bond motifs is 2. The van der Waals surface area contributed by atoms with Crippen LogP contribution in [0.15, 0.2) is 48.9 Å². The number of likely N-dealkylation sites (N-methyl/N-ethyl adjacent to an activating group) is 1. The number of pyridine rings is 2. The molecular formula is C26H25ClFN7O2S. The maximum Gasteiger partial charge on any atom is 0.253 e. The average molecular weight is 554 g/mol. The van der Waals surface area contributed by atoms with E-state index in [9.17, 15) is 14.0 Å². The third-order valence-corrected chi connectivity index (χ3v) is 7.23. The summed E-state index contributed by atoms with van der Waals surface area (Å²) in [5.41, 5.74) is 9.41. The maximum absolute atomic E-state index is 14.7. The van der Waals surface area contributed by atoms with Gasteiger partial charge in [-0.05, 0) is 59.9 Å². The van der Waals surface area contributed by atoms with Crippen LogP contribution in [0.1, 0.15) is 45.1 Å². The number of halogens is 2. The highest BCUT2D eigenvalue weighted by Gasteiger charge is 2.29. The number of anilines is 1. The summed E-state index contributed by atoms with van der Waals surface area (Å²) in [6.45, 7) is 0.457. The Kier molecular flexibility index (Phi) is 7.39. The number of hydrazine groups is 1. The molecule has 0 spiro atoms. The molecule has 5 rings (SSSR count). The number of likely N-dealkylation sites (tertiary alicyclic amines) is 1. The quantitative estimate of drug-likeness (QED) is 0.282. The predicted molar refractivity (Wildman–Crippen MR) is 145 cm³/mol. The summed E-state index contributed by atoms with van der Waals surface area (Å²) in [5, 5.41) is 6.51. The first-order chi connectivity index (χ1) is 18.3. The number of aromatic nitrogens is 2. The number of amides is 2. The summed E-state index contributed by atoms with van der Waals surface area (Å²) in [7, 11) is 1.70. The molecule has 0 saturated carbocycles. The van der Waals surface area contributed by atoms with Crippen LogP contribution in [0.5, 0.6) is 0 Å². The zero-order valence-electron chi connectivity index (χ0n) is 20.4. The molecular weight excluding hydrogens is 529 g/mol. The Labute approximate surface area is 229 Å². The van der Waals surface area contributed by atoms with Gasteiger partial charge in [0, 0.05) is 44.2 Å². The van der Waals surface area contributed by atoms with Gasteiger partial charge in [-0.2, -0.15) is 0 Å². The van der Waals surface area contributed by atoms with E-state index in [1.807, 2.05) is 12.1 Å². The van der Waals surface area contributed by atoms with Crippen LogP contribution in [-0.4, -0.2) is 51.4 Å². The van der Waals surface area contributed by atoms with Crippen LogP contribution in [0.25, 0.3) is 0 Å². The highest BCUT2D eigenvalue weighted by molar-refractivity contribution is 7.80. The van der Waals surface area contributed by atoms with Crippen molar-refractivity contribution in [2.45, 2.75) is 31.3 Å². The van der Waals surface area contributed by atoms with Crippen molar-refractivity contribution in [1.82, 2.24) is 30.9 Å². The fourth-order valence-electron chi connectivity index (χ4n) is 4.78. The SMILES string of the molecule is CN1C[C@H](NC(=O)c2cnc(NNC(=S)NC3c4cnccc4CCc4c(F)cccc43)c(Cl)c2)CC1=O. The Bertz CT molecular complexity index is 1420. The van der Waals surface area contributed by atoms with E-state index in [0.29, 0.717) is 24.9 Å². The Morgan fingerprint density at radius 3 is 2.79 bits per heavy atom. The van der Waals surface area contributed by atoms with Crippen LogP contribution in [0, 0.1) is 5.82 Å². The van der Waals surface area contributed by atoms with Crippen LogP contribution in [0.4, 0.5) is 10.2 Å². The van der Waals surface area contributed by atoms with Gasteiger partial charge in [-0.15, -0.1) is 0 Å². The maximum atomic E-state index is 14.7. The molecule has 0 bridgehead atoms. The molecule has 1 fully saturated rings.